The van der Waals surface area contributed by atoms with Crippen LogP contribution < -0.4 is 15.2 Å². The standard InChI is InChI=1S/C10H13N3O4S2/c1-17-10(14)13-19(15,16)12-7-9-5-4-8(18-9)3-2-6-11/h4-5,12H,6-7,11H2,1H3,(H,13,14). The summed E-state index contributed by atoms with van der Waals surface area (Å²) >= 11 is 1.34. The molecule has 0 fully saturated rings. The average Bonchev–Trinajstić information content (AvgIpc) is 2.81. The van der Waals surface area contributed by atoms with E-state index in [-0.39, 0.29) is 13.1 Å². The number of nitrogens with two attached hydrogens (primary N) is 1. The number of hydrogen-bond donors (Lipinski definition) is 3. The highest BCUT2D eigenvalue weighted by atomic mass is 32.2. The monoisotopic (exact) mass is 303 g/mol. The first-order valence-corrected chi connectivity index (χ1v) is 7.40. The van der Waals surface area contributed by atoms with Gasteiger partial charge in [-0.15, -0.1) is 11.3 Å². The summed E-state index contributed by atoms with van der Waals surface area (Å²) in [5.41, 5.74) is 5.25. The second-order valence-corrected chi connectivity index (χ2v) is 5.86. The molecule has 9 heteroatoms. The van der Waals surface area contributed by atoms with Gasteiger partial charge in [0.05, 0.1) is 18.5 Å². The van der Waals surface area contributed by atoms with Crippen LogP contribution in [0.2, 0.25) is 0 Å². The maximum Gasteiger partial charge on any atom is 0.421 e. The van der Waals surface area contributed by atoms with Crippen LogP contribution >= 0.6 is 11.3 Å². The van der Waals surface area contributed by atoms with E-state index in [2.05, 4.69) is 21.3 Å². The van der Waals surface area contributed by atoms with Crippen molar-refractivity contribution in [2.75, 3.05) is 13.7 Å². The minimum Gasteiger partial charge on any atom is -0.452 e. The van der Waals surface area contributed by atoms with Crippen LogP contribution in [0.25, 0.3) is 0 Å². The zero-order valence-corrected chi connectivity index (χ0v) is 11.7. The Bertz CT molecular complexity index is 598. The van der Waals surface area contributed by atoms with Crippen LogP contribution in [-0.4, -0.2) is 28.2 Å². The van der Waals surface area contributed by atoms with Gasteiger partial charge >= 0.3 is 16.3 Å². The smallest absolute Gasteiger partial charge is 0.421 e. The fraction of sp³-hybridized carbons (Fsp3) is 0.300. The molecule has 7 nitrogen and oxygen atoms in total. The van der Waals surface area contributed by atoms with Crippen molar-refractivity contribution in [3.05, 3.63) is 21.9 Å². The van der Waals surface area contributed by atoms with E-state index in [9.17, 15) is 13.2 Å². The van der Waals surface area contributed by atoms with Crippen LogP contribution in [0.5, 0.6) is 0 Å². The van der Waals surface area contributed by atoms with Crippen molar-refractivity contribution >= 4 is 27.6 Å². The highest BCUT2D eigenvalue weighted by Crippen LogP contribution is 2.15. The fourth-order valence-corrected chi connectivity index (χ4v) is 2.67. The third kappa shape index (κ3) is 5.71. The Balaban J connectivity index is 2.57. The molecule has 0 spiro atoms. The largest absolute Gasteiger partial charge is 0.452 e. The maximum atomic E-state index is 11.4. The van der Waals surface area contributed by atoms with Crippen LogP contribution in [0.15, 0.2) is 12.1 Å². The van der Waals surface area contributed by atoms with Gasteiger partial charge < -0.3 is 10.5 Å². The highest BCUT2D eigenvalue weighted by molar-refractivity contribution is 7.88. The first kappa shape index (κ1) is 15.5. The van der Waals surface area contributed by atoms with Gasteiger partial charge in [-0.2, -0.15) is 13.1 Å². The number of methoxy groups -OCH3 is 1. The van der Waals surface area contributed by atoms with E-state index in [0.717, 1.165) is 16.9 Å². The van der Waals surface area contributed by atoms with Crippen molar-refractivity contribution in [3.63, 3.8) is 0 Å². The summed E-state index contributed by atoms with van der Waals surface area (Å²) in [4.78, 5) is 12.3. The maximum absolute atomic E-state index is 11.4. The fourth-order valence-electron chi connectivity index (χ4n) is 1.03. The number of carbonyl (C=O) groups is 1. The molecule has 0 bridgehead atoms. The summed E-state index contributed by atoms with van der Waals surface area (Å²) in [7, 11) is -2.85. The molecular formula is C10H13N3O4S2. The van der Waals surface area contributed by atoms with E-state index >= 15 is 0 Å². The van der Waals surface area contributed by atoms with Crippen molar-refractivity contribution in [1.82, 2.24) is 9.44 Å². The Morgan fingerprint density at radius 2 is 2.26 bits per heavy atom. The summed E-state index contributed by atoms with van der Waals surface area (Å²) in [6.07, 6.45) is -1.05. The minimum atomic E-state index is -3.92. The lowest BCUT2D eigenvalue weighted by atomic mass is 10.4. The Morgan fingerprint density at radius 3 is 2.89 bits per heavy atom. The van der Waals surface area contributed by atoms with E-state index in [1.165, 1.54) is 11.3 Å². The molecule has 0 aromatic carbocycles. The molecule has 0 saturated heterocycles. The van der Waals surface area contributed by atoms with Crippen molar-refractivity contribution in [3.8, 4) is 11.8 Å². The van der Waals surface area contributed by atoms with Crippen molar-refractivity contribution in [2.24, 2.45) is 5.73 Å². The number of hydrogen-bond acceptors (Lipinski definition) is 6. The number of carbonyl (C=O) groups excluding carboxylic acids is 1. The predicted molar refractivity (Wildman–Crippen MR) is 71.6 cm³/mol. The summed E-state index contributed by atoms with van der Waals surface area (Å²) in [6, 6.07) is 3.51. The molecule has 0 radical (unpaired) electrons. The first-order chi connectivity index (χ1) is 8.96. The van der Waals surface area contributed by atoms with Crippen LogP contribution in [0.3, 0.4) is 0 Å². The number of thiophene rings is 1. The molecule has 1 rings (SSSR count). The summed E-state index contributed by atoms with van der Waals surface area (Å²) in [6.45, 7) is 0.324. The molecule has 0 aliphatic carbocycles. The van der Waals surface area contributed by atoms with Gasteiger partial charge in [0, 0.05) is 11.4 Å². The van der Waals surface area contributed by atoms with Gasteiger partial charge in [0.15, 0.2) is 0 Å². The van der Waals surface area contributed by atoms with E-state index in [4.69, 9.17) is 5.73 Å². The van der Waals surface area contributed by atoms with E-state index in [0.29, 0.717) is 0 Å². The average molecular weight is 303 g/mol. The molecule has 1 heterocycles. The number of amides is 1. The lowest BCUT2D eigenvalue weighted by Gasteiger charge is -2.05. The highest BCUT2D eigenvalue weighted by Gasteiger charge is 2.14. The Kier molecular flexibility index (Phi) is 5.78. The van der Waals surface area contributed by atoms with Crippen LogP contribution in [0.4, 0.5) is 4.79 Å². The van der Waals surface area contributed by atoms with Gasteiger partial charge in [0.2, 0.25) is 0 Å². The Labute approximate surface area is 115 Å². The molecule has 0 unspecified atom stereocenters. The summed E-state index contributed by atoms with van der Waals surface area (Å²) < 4.78 is 30.9. The molecule has 19 heavy (non-hydrogen) atoms. The molecule has 0 atom stereocenters. The van der Waals surface area contributed by atoms with Crippen LogP contribution in [0, 0.1) is 11.8 Å². The number of ether oxygens (including phenoxy) is 1. The van der Waals surface area contributed by atoms with E-state index < -0.39 is 16.3 Å². The molecule has 1 amide bonds. The predicted octanol–water partition coefficient (Wildman–Crippen LogP) is -0.251. The third-order valence-corrected chi connectivity index (χ3v) is 3.78. The van der Waals surface area contributed by atoms with E-state index in [1.54, 1.807) is 16.9 Å². The SMILES string of the molecule is COC(=O)NS(=O)(=O)NCc1ccc(C#CCN)s1. The molecular weight excluding hydrogens is 290 g/mol. The van der Waals surface area contributed by atoms with Gasteiger partial charge in [-0.05, 0) is 12.1 Å². The first-order valence-electron chi connectivity index (χ1n) is 5.10. The van der Waals surface area contributed by atoms with Crippen LogP contribution in [0.1, 0.15) is 9.75 Å². The van der Waals surface area contributed by atoms with Crippen LogP contribution in [-0.2, 0) is 21.5 Å². The minimum absolute atomic E-state index is 0.0568. The molecule has 0 aliphatic rings. The second-order valence-electron chi connectivity index (χ2n) is 3.19. The van der Waals surface area contributed by atoms with Gasteiger partial charge in [-0.25, -0.2) is 9.52 Å². The number of rotatable bonds is 4. The lowest BCUT2D eigenvalue weighted by Crippen LogP contribution is -2.39. The molecule has 1 aromatic rings. The third-order valence-electron chi connectivity index (χ3n) is 1.81. The van der Waals surface area contributed by atoms with Crippen molar-refractivity contribution in [1.29, 1.82) is 0 Å². The van der Waals surface area contributed by atoms with Crippen molar-refractivity contribution in [2.45, 2.75) is 6.54 Å². The van der Waals surface area contributed by atoms with Gasteiger partial charge in [0.1, 0.15) is 0 Å². The molecule has 104 valence electrons. The second kappa shape index (κ2) is 7.10. The lowest BCUT2D eigenvalue weighted by molar-refractivity contribution is 0.177. The van der Waals surface area contributed by atoms with Gasteiger partial charge in [-0.3, -0.25) is 0 Å². The summed E-state index contributed by atoms with van der Waals surface area (Å²) in [5.74, 6) is 5.54. The van der Waals surface area contributed by atoms with E-state index in [1.807, 2.05) is 0 Å². The normalized spacial score (nSPS) is 10.4. The van der Waals surface area contributed by atoms with Gasteiger partial charge in [0.25, 0.3) is 0 Å². The molecule has 4 N–H and O–H groups in total. The quantitative estimate of drug-likeness (QED) is 0.664. The molecule has 0 saturated carbocycles. The topological polar surface area (TPSA) is 111 Å². The molecule has 0 aliphatic heterocycles. The Morgan fingerprint density at radius 1 is 1.53 bits per heavy atom. The number of nitrogens with one attached hydrogen (secondary N) is 2. The van der Waals surface area contributed by atoms with Gasteiger partial charge in [-0.1, -0.05) is 11.8 Å². The Hall–Kier alpha value is -1.60. The summed E-state index contributed by atoms with van der Waals surface area (Å²) in [5, 5.41) is 0. The van der Waals surface area contributed by atoms with Crippen molar-refractivity contribution < 1.29 is 17.9 Å². The zero-order valence-electron chi connectivity index (χ0n) is 10.1. The molecule has 1 aromatic heterocycles. The zero-order chi connectivity index (χ0) is 14.3.